The zero-order valence-electron chi connectivity index (χ0n) is 6.62. The van der Waals surface area contributed by atoms with Crippen LogP contribution in [0.3, 0.4) is 0 Å². The van der Waals surface area contributed by atoms with Gasteiger partial charge in [0, 0.05) is 5.92 Å². The molecule has 0 amide bonds. The van der Waals surface area contributed by atoms with Crippen LogP contribution in [-0.2, 0) is 4.74 Å². The van der Waals surface area contributed by atoms with Crippen molar-refractivity contribution >= 4 is 6.21 Å². The van der Waals surface area contributed by atoms with E-state index >= 15 is 0 Å². The van der Waals surface area contributed by atoms with E-state index in [0.717, 1.165) is 0 Å². The molecule has 11 heavy (non-hydrogen) atoms. The molecular formula is C8H14N2O. The van der Waals surface area contributed by atoms with E-state index in [1.54, 1.807) is 6.21 Å². The Bertz CT molecular complexity index is 152. The first-order valence-electron chi connectivity index (χ1n) is 4.35. The molecule has 0 aromatic rings. The standard InChI is InChI=1S/C8H14N2O/c1-2-4-7(3-1)8-10-9-5-6-11-8/h5,7-8,10H,1-4,6H2. The van der Waals surface area contributed by atoms with Gasteiger partial charge in [0.05, 0.1) is 12.8 Å². The van der Waals surface area contributed by atoms with Crippen LogP contribution in [0.2, 0.25) is 0 Å². The Labute approximate surface area is 66.8 Å². The van der Waals surface area contributed by atoms with Gasteiger partial charge in [-0.2, -0.15) is 5.10 Å². The molecule has 1 aliphatic heterocycles. The molecule has 1 N–H and O–H groups in total. The molecular weight excluding hydrogens is 140 g/mol. The lowest BCUT2D eigenvalue weighted by atomic mass is 10.1. The molecule has 1 saturated carbocycles. The van der Waals surface area contributed by atoms with Crippen molar-refractivity contribution in [3.63, 3.8) is 0 Å². The number of ether oxygens (including phenoxy) is 1. The van der Waals surface area contributed by atoms with Crippen LogP contribution in [0.25, 0.3) is 0 Å². The van der Waals surface area contributed by atoms with Gasteiger partial charge in [-0.1, -0.05) is 12.8 Å². The van der Waals surface area contributed by atoms with Gasteiger partial charge >= 0.3 is 0 Å². The second-order valence-electron chi connectivity index (χ2n) is 3.24. The molecule has 2 rings (SSSR count). The lowest BCUT2D eigenvalue weighted by molar-refractivity contribution is 0.00494. The minimum Gasteiger partial charge on any atom is -0.351 e. The van der Waals surface area contributed by atoms with Crippen molar-refractivity contribution in [1.82, 2.24) is 5.43 Å². The van der Waals surface area contributed by atoms with E-state index in [1.165, 1.54) is 25.7 Å². The van der Waals surface area contributed by atoms with Crippen molar-refractivity contribution in [3.05, 3.63) is 0 Å². The molecule has 1 unspecified atom stereocenters. The van der Waals surface area contributed by atoms with E-state index < -0.39 is 0 Å². The molecule has 1 aliphatic carbocycles. The predicted octanol–water partition coefficient (Wildman–Crippen LogP) is 1.11. The third-order valence-corrected chi connectivity index (χ3v) is 2.47. The quantitative estimate of drug-likeness (QED) is 0.613. The Hall–Kier alpha value is -0.570. The summed E-state index contributed by atoms with van der Waals surface area (Å²) in [6.07, 6.45) is 7.28. The van der Waals surface area contributed by atoms with Gasteiger partial charge in [0.2, 0.25) is 0 Å². The highest BCUT2D eigenvalue weighted by molar-refractivity contribution is 5.58. The van der Waals surface area contributed by atoms with Gasteiger partial charge in [0.1, 0.15) is 6.23 Å². The molecule has 1 fully saturated rings. The Morgan fingerprint density at radius 1 is 1.36 bits per heavy atom. The summed E-state index contributed by atoms with van der Waals surface area (Å²) in [7, 11) is 0. The van der Waals surface area contributed by atoms with Crippen LogP contribution in [-0.4, -0.2) is 19.0 Å². The fraction of sp³-hybridized carbons (Fsp3) is 0.875. The third kappa shape index (κ3) is 1.53. The van der Waals surface area contributed by atoms with E-state index in [-0.39, 0.29) is 6.23 Å². The third-order valence-electron chi connectivity index (χ3n) is 2.47. The summed E-state index contributed by atoms with van der Waals surface area (Å²) in [5.74, 6) is 0.701. The van der Waals surface area contributed by atoms with Gasteiger partial charge in [-0.05, 0) is 12.8 Å². The topological polar surface area (TPSA) is 33.6 Å². The number of nitrogens with one attached hydrogen (secondary N) is 1. The molecule has 3 nitrogen and oxygen atoms in total. The summed E-state index contributed by atoms with van der Waals surface area (Å²) in [4.78, 5) is 0. The van der Waals surface area contributed by atoms with Crippen LogP contribution < -0.4 is 5.43 Å². The highest BCUT2D eigenvalue weighted by atomic mass is 16.5. The number of hydrazone groups is 1. The Balaban J connectivity index is 1.88. The smallest absolute Gasteiger partial charge is 0.146 e. The van der Waals surface area contributed by atoms with Crippen molar-refractivity contribution in [2.24, 2.45) is 11.0 Å². The number of hydrogen-bond acceptors (Lipinski definition) is 3. The zero-order valence-corrected chi connectivity index (χ0v) is 6.62. The molecule has 62 valence electrons. The average Bonchev–Trinajstić information content (AvgIpc) is 2.58. The van der Waals surface area contributed by atoms with Gasteiger partial charge in [0.15, 0.2) is 0 Å². The summed E-state index contributed by atoms with van der Waals surface area (Å²) < 4.78 is 5.50. The van der Waals surface area contributed by atoms with Gasteiger partial charge in [-0.15, -0.1) is 0 Å². The second kappa shape index (κ2) is 3.22. The van der Waals surface area contributed by atoms with E-state index in [1.807, 2.05) is 0 Å². The molecule has 3 heteroatoms. The first-order valence-corrected chi connectivity index (χ1v) is 4.35. The van der Waals surface area contributed by atoms with E-state index in [0.29, 0.717) is 12.5 Å². The molecule has 0 saturated heterocycles. The van der Waals surface area contributed by atoms with Crippen molar-refractivity contribution in [2.45, 2.75) is 31.9 Å². The van der Waals surface area contributed by atoms with E-state index in [4.69, 9.17) is 4.74 Å². The highest BCUT2D eigenvalue weighted by Gasteiger charge is 2.25. The van der Waals surface area contributed by atoms with Crippen LogP contribution in [0.15, 0.2) is 5.10 Å². The predicted molar refractivity (Wildman–Crippen MR) is 43.3 cm³/mol. The maximum atomic E-state index is 5.50. The fourth-order valence-corrected chi connectivity index (χ4v) is 1.85. The van der Waals surface area contributed by atoms with Crippen LogP contribution in [0.5, 0.6) is 0 Å². The summed E-state index contributed by atoms with van der Waals surface area (Å²) in [6, 6.07) is 0. The molecule has 1 atom stereocenters. The van der Waals surface area contributed by atoms with Gasteiger partial charge in [-0.25, -0.2) is 0 Å². The SMILES string of the molecule is C1=NNC(C2CCCC2)OC1. The van der Waals surface area contributed by atoms with Gasteiger partial charge in [0.25, 0.3) is 0 Å². The van der Waals surface area contributed by atoms with Crippen LogP contribution in [0.4, 0.5) is 0 Å². The molecule has 1 heterocycles. The lowest BCUT2D eigenvalue weighted by Gasteiger charge is -2.24. The van der Waals surface area contributed by atoms with Crippen molar-refractivity contribution in [3.8, 4) is 0 Å². The van der Waals surface area contributed by atoms with Crippen LogP contribution >= 0.6 is 0 Å². The molecule has 0 bridgehead atoms. The first kappa shape index (κ1) is 7.10. The van der Waals surface area contributed by atoms with Gasteiger partial charge < -0.3 is 4.74 Å². The van der Waals surface area contributed by atoms with Crippen LogP contribution in [0.1, 0.15) is 25.7 Å². The van der Waals surface area contributed by atoms with Gasteiger partial charge in [-0.3, -0.25) is 5.43 Å². The number of nitrogens with zero attached hydrogens (tertiary/aromatic N) is 1. The van der Waals surface area contributed by atoms with Crippen LogP contribution in [0, 0.1) is 5.92 Å². The Morgan fingerprint density at radius 3 is 2.82 bits per heavy atom. The molecule has 0 spiro atoms. The highest BCUT2D eigenvalue weighted by Crippen LogP contribution is 2.28. The van der Waals surface area contributed by atoms with Crippen molar-refractivity contribution in [2.75, 3.05) is 6.61 Å². The molecule has 2 aliphatic rings. The fourth-order valence-electron chi connectivity index (χ4n) is 1.85. The van der Waals surface area contributed by atoms with E-state index in [9.17, 15) is 0 Å². The average molecular weight is 154 g/mol. The monoisotopic (exact) mass is 154 g/mol. The Morgan fingerprint density at radius 2 is 2.18 bits per heavy atom. The zero-order chi connectivity index (χ0) is 7.52. The summed E-state index contributed by atoms with van der Waals surface area (Å²) in [5.41, 5.74) is 3.01. The largest absolute Gasteiger partial charge is 0.351 e. The minimum atomic E-state index is 0.197. The lowest BCUT2D eigenvalue weighted by Crippen LogP contribution is -2.37. The van der Waals surface area contributed by atoms with E-state index in [2.05, 4.69) is 10.5 Å². The number of hydrogen-bond donors (Lipinski definition) is 1. The minimum absolute atomic E-state index is 0.197. The normalized spacial score (nSPS) is 32.2. The molecule has 0 radical (unpaired) electrons. The molecule has 0 aromatic carbocycles. The summed E-state index contributed by atoms with van der Waals surface area (Å²) in [5, 5.41) is 4.00. The number of rotatable bonds is 1. The van der Waals surface area contributed by atoms with Crippen molar-refractivity contribution in [1.29, 1.82) is 0 Å². The first-order chi connectivity index (χ1) is 5.47. The maximum Gasteiger partial charge on any atom is 0.146 e. The summed E-state index contributed by atoms with van der Waals surface area (Å²) >= 11 is 0. The maximum absolute atomic E-state index is 5.50. The second-order valence-corrected chi connectivity index (χ2v) is 3.24. The summed E-state index contributed by atoms with van der Waals surface area (Å²) in [6.45, 7) is 0.675. The molecule has 0 aromatic heterocycles. The Kier molecular flexibility index (Phi) is 2.08. The van der Waals surface area contributed by atoms with Crippen molar-refractivity contribution < 1.29 is 4.74 Å².